The van der Waals surface area contributed by atoms with E-state index in [2.05, 4.69) is 10.2 Å². The van der Waals surface area contributed by atoms with E-state index < -0.39 is 0 Å². The first-order valence-corrected chi connectivity index (χ1v) is 9.50. The summed E-state index contributed by atoms with van der Waals surface area (Å²) in [6.45, 7) is 2.60. The molecule has 0 bridgehead atoms. The molecule has 2 saturated heterocycles. The molecule has 25 heavy (non-hydrogen) atoms. The smallest absolute Gasteiger partial charge is 0.255 e. The van der Waals surface area contributed by atoms with Gasteiger partial charge in [0.15, 0.2) is 0 Å². The minimum absolute atomic E-state index is 0.0986. The van der Waals surface area contributed by atoms with Crippen LogP contribution in [0.3, 0.4) is 0 Å². The SMILES string of the molecule is COc1c(Cl)cc(Cl)cc1C(=O)N[C@H]1C[C@H]2CO[C@@H](C3CC3)CN2C1. The van der Waals surface area contributed by atoms with Gasteiger partial charge in [-0.1, -0.05) is 23.2 Å². The predicted molar refractivity (Wildman–Crippen MR) is 96.7 cm³/mol. The van der Waals surface area contributed by atoms with Gasteiger partial charge >= 0.3 is 0 Å². The summed E-state index contributed by atoms with van der Waals surface area (Å²) < 4.78 is 11.3. The number of amides is 1. The van der Waals surface area contributed by atoms with Crippen LogP contribution in [-0.4, -0.2) is 55.8 Å². The summed E-state index contributed by atoms with van der Waals surface area (Å²) in [7, 11) is 1.50. The largest absolute Gasteiger partial charge is 0.494 e. The maximum absolute atomic E-state index is 12.7. The first-order chi connectivity index (χ1) is 12.0. The van der Waals surface area contributed by atoms with Gasteiger partial charge in [0.1, 0.15) is 5.75 Å². The van der Waals surface area contributed by atoms with Gasteiger partial charge in [-0.15, -0.1) is 0 Å². The highest BCUT2D eigenvalue weighted by molar-refractivity contribution is 6.36. The molecule has 5 nitrogen and oxygen atoms in total. The number of ether oxygens (including phenoxy) is 2. The fraction of sp³-hybridized carbons (Fsp3) is 0.611. The molecule has 7 heteroatoms. The van der Waals surface area contributed by atoms with E-state index in [1.807, 2.05) is 0 Å². The lowest BCUT2D eigenvalue weighted by atomic mass is 10.1. The molecule has 0 aromatic heterocycles. The number of carbonyl (C=O) groups excluding carboxylic acids is 1. The first-order valence-electron chi connectivity index (χ1n) is 8.74. The van der Waals surface area contributed by atoms with E-state index in [1.54, 1.807) is 12.1 Å². The average molecular weight is 385 g/mol. The van der Waals surface area contributed by atoms with Crippen LogP contribution in [0.25, 0.3) is 0 Å². The van der Waals surface area contributed by atoms with E-state index in [-0.39, 0.29) is 11.9 Å². The Morgan fingerprint density at radius 2 is 2.12 bits per heavy atom. The van der Waals surface area contributed by atoms with Crippen molar-refractivity contribution in [2.24, 2.45) is 5.92 Å². The molecule has 4 rings (SSSR count). The van der Waals surface area contributed by atoms with Crippen LogP contribution in [0.15, 0.2) is 12.1 Å². The number of carbonyl (C=O) groups is 1. The van der Waals surface area contributed by atoms with E-state index in [4.69, 9.17) is 32.7 Å². The number of halogens is 2. The Balaban J connectivity index is 1.42. The topological polar surface area (TPSA) is 50.8 Å². The monoisotopic (exact) mass is 384 g/mol. The zero-order valence-corrected chi connectivity index (χ0v) is 15.6. The number of benzene rings is 1. The molecule has 1 aliphatic carbocycles. The zero-order chi connectivity index (χ0) is 17.6. The molecular formula is C18H22Cl2N2O3. The van der Waals surface area contributed by atoms with Crippen molar-refractivity contribution in [3.63, 3.8) is 0 Å². The number of hydrogen-bond acceptors (Lipinski definition) is 4. The van der Waals surface area contributed by atoms with Crippen molar-refractivity contribution < 1.29 is 14.3 Å². The lowest BCUT2D eigenvalue weighted by Gasteiger charge is -2.35. The van der Waals surface area contributed by atoms with Crippen molar-refractivity contribution in [3.05, 3.63) is 27.7 Å². The Kier molecular flexibility index (Phi) is 4.84. The summed E-state index contributed by atoms with van der Waals surface area (Å²) in [6, 6.07) is 3.66. The fourth-order valence-electron chi connectivity index (χ4n) is 3.96. The van der Waals surface area contributed by atoms with Crippen molar-refractivity contribution in [3.8, 4) is 5.75 Å². The van der Waals surface area contributed by atoms with E-state index in [0.717, 1.165) is 32.0 Å². The third-order valence-electron chi connectivity index (χ3n) is 5.39. The van der Waals surface area contributed by atoms with Crippen molar-refractivity contribution in [1.29, 1.82) is 0 Å². The molecule has 0 unspecified atom stereocenters. The molecule has 3 aliphatic rings. The maximum atomic E-state index is 12.7. The van der Waals surface area contributed by atoms with Gasteiger partial charge in [-0.3, -0.25) is 9.69 Å². The Hall–Kier alpha value is -1.01. The van der Waals surface area contributed by atoms with Gasteiger partial charge in [0.2, 0.25) is 0 Å². The lowest BCUT2D eigenvalue weighted by Crippen LogP contribution is -2.47. The van der Waals surface area contributed by atoms with Crippen LogP contribution in [0, 0.1) is 5.92 Å². The van der Waals surface area contributed by atoms with Gasteiger partial charge in [-0.05, 0) is 37.3 Å². The minimum atomic E-state index is -0.203. The minimum Gasteiger partial charge on any atom is -0.494 e. The molecule has 1 N–H and O–H groups in total. The van der Waals surface area contributed by atoms with Crippen LogP contribution in [0.4, 0.5) is 0 Å². The summed E-state index contributed by atoms with van der Waals surface area (Å²) in [5, 5.41) is 3.86. The summed E-state index contributed by atoms with van der Waals surface area (Å²) in [5.41, 5.74) is 0.372. The number of nitrogens with zero attached hydrogens (tertiary/aromatic N) is 1. The Labute approximate surface area is 157 Å². The average Bonchev–Trinajstić information content (AvgIpc) is 3.34. The van der Waals surface area contributed by atoms with Crippen molar-refractivity contribution in [2.45, 2.75) is 37.5 Å². The number of nitrogens with one attached hydrogen (secondary N) is 1. The highest BCUT2D eigenvalue weighted by atomic mass is 35.5. The highest BCUT2D eigenvalue weighted by Gasteiger charge is 2.42. The van der Waals surface area contributed by atoms with Crippen molar-refractivity contribution in [1.82, 2.24) is 10.2 Å². The van der Waals surface area contributed by atoms with Gasteiger partial charge in [0, 0.05) is 30.2 Å². The highest BCUT2D eigenvalue weighted by Crippen LogP contribution is 2.38. The molecule has 2 aliphatic heterocycles. The summed E-state index contributed by atoms with van der Waals surface area (Å²) in [5.74, 6) is 0.898. The number of fused-ring (bicyclic) bond motifs is 1. The second kappa shape index (κ2) is 6.95. The van der Waals surface area contributed by atoms with Gasteiger partial charge in [-0.2, -0.15) is 0 Å². The van der Waals surface area contributed by atoms with E-state index >= 15 is 0 Å². The standard InChI is InChI=1S/C18H22Cl2N2O3/c1-24-17-14(4-11(19)5-15(17)20)18(23)21-12-6-13-9-25-16(10-2-3-10)8-22(13)7-12/h4-5,10,12-13,16H,2-3,6-9H2,1H3,(H,21,23)/t12-,13-,16+/m0/s1. The first kappa shape index (κ1) is 17.4. The zero-order valence-electron chi connectivity index (χ0n) is 14.1. The molecule has 0 radical (unpaired) electrons. The van der Waals surface area contributed by atoms with Gasteiger partial charge in [0.25, 0.3) is 5.91 Å². The number of hydrogen-bond donors (Lipinski definition) is 1. The third-order valence-corrected chi connectivity index (χ3v) is 5.88. The second-order valence-corrected chi connectivity index (χ2v) is 8.04. The molecule has 1 amide bonds. The molecule has 2 heterocycles. The van der Waals surface area contributed by atoms with Crippen LogP contribution in [0.1, 0.15) is 29.6 Å². The lowest BCUT2D eigenvalue weighted by molar-refractivity contribution is -0.0581. The van der Waals surface area contributed by atoms with Crippen LogP contribution in [0.2, 0.25) is 10.0 Å². The van der Waals surface area contributed by atoms with Crippen LogP contribution in [0.5, 0.6) is 5.75 Å². The Morgan fingerprint density at radius 1 is 1.32 bits per heavy atom. The van der Waals surface area contributed by atoms with Crippen LogP contribution >= 0.6 is 23.2 Å². The van der Waals surface area contributed by atoms with Crippen LogP contribution < -0.4 is 10.1 Å². The molecule has 1 aromatic rings. The molecule has 3 atom stereocenters. The van der Waals surface area contributed by atoms with Crippen molar-refractivity contribution >= 4 is 29.1 Å². The molecule has 1 aromatic carbocycles. The second-order valence-electron chi connectivity index (χ2n) is 7.19. The molecule has 3 fully saturated rings. The molecule has 1 saturated carbocycles. The summed E-state index contributed by atoms with van der Waals surface area (Å²) >= 11 is 12.2. The van der Waals surface area contributed by atoms with E-state index in [1.165, 1.54) is 20.0 Å². The summed E-state index contributed by atoms with van der Waals surface area (Å²) in [6.07, 6.45) is 3.86. The van der Waals surface area contributed by atoms with Gasteiger partial charge in [-0.25, -0.2) is 0 Å². The number of morpholine rings is 1. The number of methoxy groups -OCH3 is 1. The molecule has 136 valence electrons. The fourth-order valence-corrected chi connectivity index (χ4v) is 4.53. The number of rotatable bonds is 4. The third kappa shape index (κ3) is 3.61. The van der Waals surface area contributed by atoms with E-state index in [0.29, 0.717) is 33.5 Å². The molecule has 0 spiro atoms. The summed E-state index contributed by atoms with van der Waals surface area (Å²) in [4.78, 5) is 15.2. The van der Waals surface area contributed by atoms with E-state index in [9.17, 15) is 4.79 Å². The predicted octanol–water partition coefficient (Wildman–Crippen LogP) is 2.98. The van der Waals surface area contributed by atoms with Crippen molar-refractivity contribution in [2.75, 3.05) is 26.8 Å². The van der Waals surface area contributed by atoms with Gasteiger partial charge in [0.05, 0.1) is 30.4 Å². The Morgan fingerprint density at radius 3 is 2.84 bits per heavy atom. The Bertz CT molecular complexity index is 681. The van der Waals surface area contributed by atoms with Gasteiger partial charge < -0.3 is 14.8 Å². The molecular weight excluding hydrogens is 363 g/mol. The van der Waals surface area contributed by atoms with Crippen LogP contribution in [-0.2, 0) is 4.74 Å². The normalized spacial score (nSPS) is 29.3. The quantitative estimate of drug-likeness (QED) is 0.866. The maximum Gasteiger partial charge on any atom is 0.255 e.